The lowest BCUT2D eigenvalue weighted by molar-refractivity contribution is -0.128. The highest BCUT2D eigenvalue weighted by Gasteiger charge is 2.02. The molecule has 0 saturated heterocycles. The third kappa shape index (κ3) is 4.21. The molecule has 0 unspecified atom stereocenters. The van der Waals surface area contributed by atoms with Crippen molar-refractivity contribution in [3.63, 3.8) is 0 Å². The molecule has 2 aromatic carbocycles. The van der Waals surface area contributed by atoms with Crippen LogP contribution in [0.15, 0.2) is 54.6 Å². The van der Waals surface area contributed by atoms with Gasteiger partial charge in [-0.2, -0.15) is 0 Å². The first-order chi connectivity index (χ1) is 10.2. The van der Waals surface area contributed by atoms with E-state index in [1.807, 2.05) is 36.4 Å². The van der Waals surface area contributed by atoms with Gasteiger partial charge in [0.1, 0.15) is 11.5 Å². The summed E-state index contributed by atoms with van der Waals surface area (Å²) in [5, 5.41) is 0. The van der Waals surface area contributed by atoms with Crippen molar-refractivity contribution in [1.29, 1.82) is 0 Å². The average molecular weight is 282 g/mol. The molecule has 2 rings (SSSR count). The summed E-state index contributed by atoms with van der Waals surface area (Å²) in [6, 6.07) is 15.0. The van der Waals surface area contributed by atoms with Crippen LogP contribution in [0.4, 0.5) is 0 Å². The molecule has 3 nitrogen and oxygen atoms in total. The standard InChI is InChI=1S/C18H18O3/c1-3-14-8-11-16(12-9-14)21-18(19)13-10-15-6-4-5-7-17(15)20-2/h4-13H,3H2,1-2H3/b13-10+. The highest BCUT2D eigenvalue weighted by Crippen LogP contribution is 2.19. The predicted octanol–water partition coefficient (Wildman–Crippen LogP) is 3.88. The second-order valence-electron chi connectivity index (χ2n) is 4.49. The first-order valence-corrected chi connectivity index (χ1v) is 6.84. The minimum atomic E-state index is -0.412. The van der Waals surface area contributed by atoms with Gasteiger partial charge in [-0.05, 0) is 36.3 Å². The van der Waals surface area contributed by atoms with Crippen LogP contribution in [0, 0.1) is 0 Å². The van der Waals surface area contributed by atoms with Gasteiger partial charge in [-0.15, -0.1) is 0 Å². The van der Waals surface area contributed by atoms with E-state index in [9.17, 15) is 4.79 Å². The van der Waals surface area contributed by atoms with Gasteiger partial charge in [0.05, 0.1) is 7.11 Å². The van der Waals surface area contributed by atoms with Crippen LogP contribution < -0.4 is 9.47 Å². The van der Waals surface area contributed by atoms with Crippen molar-refractivity contribution < 1.29 is 14.3 Å². The fourth-order valence-corrected chi connectivity index (χ4v) is 1.91. The van der Waals surface area contributed by atoms with Gasteiger partial charge in [-0.25, -0.2) is 4.79 Å². The molecule has 0 saturated carbocycles. The van der Waals surface area contributed by atoms with E-state index in [-0.39, 0.29) is 0 Å². The summed E-state index contributed by atoms with van der Waals surface area (Å²) in [5.41, 5.74) is 2.04. The van der Waals surface area contributed by atoms with Gasteiger partial charge in [0.25, 0.3) is 0 Å². The van der Waals surface area contributed by atoms with Gasteiger partial charge < -0.3 is 9.47 Å². The van der Waals surface area contributed by atoms with Crippen molar-refractivity contribution in [3.8, 4) is 11.5 Å². The van der Waals surface area contributed by atoms with Gasteiger partial charge in [0.15, 0.2) is 0 Å². The Balaban J connectivity index is 2.02. The third-order valence-electron chi connectivity index (χ3n) is 3.09. The molecular formula is C18H18O3. The molecule has 0 aliphatic carbocycles. The lowest BCUT2D eigenvalue weighted by Gasteiger charge is -2.04. The Hall–Kier alpha value is -2.55. The number of carbonyl (C=O) groups excluding carboxylic acids is 1. The summed E-state index contributed by atoms with van der Waals surface area (Å²) in [5.74, 6) is 0.848. The average Bonchev–Trinajstić information content (AvgIpc) is 2.54. The van der Waals surface area contributed by atoms with Crippen molar-refractivity contribution in [3.05, 3.63) is 65.7 Å². The van der Waals surface area contributed by atoms with Gasteiger partial charge >= 0.3 is 5.97 Å². The molecule has 3 heteroatoms. The Kier molecular flexibility index (Phi) is 5.16. The zero-order chi connectivity index (χ0) is 15.1. The lowest BCUT2D eigenvalue weighted by Crippen LogP contribution is -2.03. The number of para-hydroxylation sites is 1. The topological polar surface area (TPSA) is 35.5 Å². The van der Waals surface area contributed by atoms with Crippen LogP contribution in [0.5, 0.6) is 11.5 Å². The minimum absolute atomic E-state index is 0.412. The third-order valence-corrected chi connectivity index (χ3v) is 3.09. The first-order valence-electron chi connectivity index (χ1n) is 6.84. The summed E-state index contributed by atoms with van der Waals surface area (Å²) < 4.78 is 10.5. The minimum Gasteiger partial charge on any atom is -0.496 e. The van der Waals surface area contributed by atoms with Crippen LogP contribution in [0.3, 0.4) is 0 Å². The first kappa shape index (κ1) is 14.9. The Bertz CT molecular complexity index is 627. The normalized spacial score (nSPS) is 10.6. The van der Waals surface area contributed by atoms with Crippen LogP contribution in [-0.4, -0.2) is 13.1 Å². The fraction of sp³-hybridized carbons (Fsp3) is 0.167. The molecule has 0 bridgehead atoms. The quantitative estimate of drug-likeness (QED) is 0.474. The van der Waals surface area contributed by atoms with Crippen molar-refractivity contribution in [2.75, 3.05) is 7.11 Å². The molecule has 21 heavy (non-hydrogen) atoms. The SMILES string of the molecule is CCc1ccc(OC(=O)/C=C/c2ccccc2OC)cc1. The summed E-state index contributed by atoms with van der Waals surface area (Å²) >= 11 is 0. The monoisotopic (exact) mass is 282 g/mol. The Morgan fingerprint density at radius 1 is 1.10 bits per heavy atom. The molecule has 0 radical (unpaired) electrons. The Labute approximate surface area is 124 Å². The molecule has 0 spiro atoms. The van der Waals surface area contributed by atoms with Gasteiger partial charge in [-0.3, -0.25) is 0 Å². The Morgan fingerprint density at radius 2 is 1.81 bits per heavy atom. The van der Waals surface area contributed by atoms with E-state index in [4.69, 9.17) is 9.47 Å². The zero-order valence-corrected chi connectivity index (χ0v) is 12.2. The van der Waals surface area contributed by atoms with E-state index in [0.717, 1.165) is 12.0 Å². The molecule has 0 N–H and O–H groups in total. The van der Waals surface area contributed by atoms with E-state index >= 15 is 0 Å². The lowest BCUT2D eigenvalue weighted by atomic mass is 10.2. The number of rotatable bonds is 5. The number of aryl methyl sites for hydroxylation is 1. The summed E-state index contributed by atoms with van der Waals surface area (Å²) in [7, 11) is 1.60. The number of carbonyl (C=O) groups is 1. The number of esters is 1. The molecule has 2 aromatic rings. The van der Waals surface area contributed by atoms with Crippen LogP contribution in [0.2, 0.25) is 0 Å². The van der Waals surface area contributed by atoms with Crippen LogP contribution in [0.25, 0.3) is 6.08 Å². The molecule has 0 fully saturated rings. The molecule has 0 aromatic heterocycles. The molecule has 108 valence electrons. The highest BCUT2D eigenvalue weighted by molar-refractivity contribution is 5.89. The van der Waals surface area contributed by atoms with E-state index in [1.54, 1.807) is 25.3 Å². The summed E-state index contributed by atoms with van der Waals surface area (Å²) in [6.45, 7) is 2.08. The van der Waals surface area contributed by atoms with E-state index in [0.29, 0.717) is 11.5 Å². The second-order valence-corrected chi connectivity index (χ2v) is 4.49. The highest BCUT2D eigenvalue weighted by atomic mass is 16.5. The van der Waals surface area contributed by atoms with Crippen LogP contribution in [-0.2, 0) is 11.2 Å². The summed E-state index contributed by atoms with van der Waals surface area (Å²) in [6.07, 6.45) is 4.04. The van der Waals surface area contributed by atoms with Gasteiger partial charge in [0.2, 0.25) is 0 Å². The van der Waals surface area contributed by atoms with Crippen molar-refractivity contribution >= 4 is 12.0 Å². The van der Waals surface area contributed by atoms with Crippen molar-refractivity contribution in [2.24, 2.45) is 0 Å². The van der Waals surface area contributed by atoms with Crippen molar-refractivity contribution in [1.82, 2.24) is 0 Å². The fourth-order valence-electron chi connectivity index (χ4n) is 1.91. The number of methoxy groups -OCH3 is 1. The zero-order valence-electron chi connectivity index (χ0n) is 12.2. The second kappa shape index (κ2) is 7.29. The number of hydrogen-bond donors (Lipinski definition) is 0. The molecule has 0 aliphatic rings. The predicted molar refractivity (Wildman–Crippen MR) is 83.5 cm³/mol. The van der Waals surface area contributed by atoms with Crippen molar-refractivity contribution in [2.45, 2.75) is 13.3 Å². The van der Waals surface area contributed by atoms with E-state index < -0.39 is 5.97 Å². The maximum absolute atomic E-state index is 11.8. The molecular weight excluding hydrogens is 264 g/mol. The van der Waals surface area contributed by atoms with Crippen LogP contribution >= 0.6 is 0 Å². The Morgan fingerprint density at radius 3 is 2.48 bits per heavy atom. The van der Waals surface area contributed by atoms with Gasteiger partial charge in [-0.1, -0.05) is 37.3 Å². The number of benzene rings is 2. The summed E-state index contributed by atoms with van der Waals surface area (Å²) in [4.78, 5) is 11.8. The van der Waals surface area contributed by atoms with Crippen LogP contribution in [0.1, 0.15) is 18.1 Å². The largest absolute Gasteiger partial charge is 0.496 e. The van der Waals surface area contributed by atoms with E-state index in [2.05, 4.69) is 6.92 Å². The molecule has 0 atom stereocenters. The number of hydrogen-bond acceptors (Lipinski definition) is 3. The van der Waals surface area contributed by atoms with Gasteiger partial charge in [0, 0.05) is 11.6 Å². The maximum Gasteiger partial charge on any atom is 0.336 e. The molecule has 0 aliphatic heterocycles. The number of ether oxygens (including phenoxy) is 2. The molecule has 0 heterocycles. The molecule has 0 amide bonds. The smallest absolute Gasteiger partial charge is 0.336 e. The van der Waals surface area contributed by atoms with E-state index in [1.165, 1.54) is 11.6 Å². The maximum atomic E-state index is 11.8.